The van der Waals surface area contributed by atoms with Crippen LogP contribution in [0.1, 0.15) is 37.9 Å². The van der Waals surface area contributed by atoms with Gasteiger partial charge in [0.25, 0.3) is 0 Å². The molecule has 1 aromatic heterocycles. The first kappa shape index (κ1) is 17.1. The molecule has 7 nitrogen and oxygen atoms in total. The maximum atomic E-state index is 12.8. The fourth-order valence-electron chi connectivity index (χ4n) is 2.13. The molecule has 0 radical (unpaired) electrons. The van der Waals surface area contributed by atoms with E-state index in [4.69, 9.17) is 4.74 Å². The summed E-state index contributed by atoms with van der Waals surface area (Å²) in [4.78, 5) is 4.18. The maximum Gasteiger partial charge on any atom is 0.246 e. The van der Waals surface area contributed by atoms with Crippen LogP contribution in [-0.2, 0) is 21.8 Å². The van der Waals surface area contributed by atoms with E-state index in [0.29, 0.717) is 26.0 Å². The van der Waals surface area contributed by atoms with Crippen molar-refractivity contribution < 1.29 is 21.9 Å². The largest absolute Gasteiger partial charge is 0.381 e. The van der Waals surface area contributed by atoms with E-state index < -0.39 is 28.1 Å². The minimum atomic E-state index is -3.89. The molecule has 1 saturated heterocycles. The second kappa shape index (κ2) is 6.45. The van der Waals surface area contributed by atoms with Gasteiger partial charge in [0.15, 0.2) is 5.82 Å². The van der Waals surface area contributed by atoms with E-state index in [9.17, 15) is 17.2 Å². The van der Waals surface area contributed by atoms with Gasteiger partial charge in [-0.25, -0.2) is 21.9 Å². The molecule has 1 fully saturated rings. The molecular weight excluding hydrogens is 318 g/mol. The summed E-state index contributed by atoms with van der Waals surface area (Å²) < 4.78 is 58.0. The van der Waals surface area contributed by atoms with E-state index in [2.05, 4.69) is 14.8 Å². The zero-order valence-electron chi connectivity index (χ0n) is 12.6. The molecule has 1 aliphatic rings. The van der Waals surface area contributed by atoms with Crippen molar-refractivity contribution in [1.82, 2.24) is 14.8 Å². The lowest BCUT2D eigenvalue weighted by atomic mass is 10.00. The smallest absolute Gasteiger partial charge is 0.246 e. The zero-order chi connectivity index (χ0) is 16.4. The number of halogens is 2. The Morgan fingerprint density at radius 3 is 2.64 bits per heavy atom. The van der Waals surface area contributed by atoms with Crippen molar-refractivity contribution in [2.24, 2.45) is 7.05 Å². The van der Waals surface area contributed by atoms with Gasteiger partial charge in [-0.05, 0) is 19.8 Å². The quantitative estimate of drug-likeness (QED) is 0.849. The molecule has 0 saturated carbocycles. The monoisotopic (exact) mass is 338 g/mol. The number of nitrogens with zero attached hydrogens (tertiary/aromatic N) is 3. The van der Waals surface area contributed by atoms with Crippen LogP contribution in [0, 0.1) is 0 Å². The van der Waals surface area contributed by atoms with Crippen molar-refractivity contribution in [3.8, 4) is 0 Å². The first-order chi connectivity index (χ1) is 10.2. The standard InChI is InChI=1S/C12H20F2N4O3S/c1-12(13,14)5-8-22(19,20)17-11-15-10(16-18(11)2)9-3-6-21-7-4-9/h9H,3-8H2,1-2H3,(H,15,16,17). The molecule has 2 rings (SSSR count). The number of aromatic nitrogens is 3. The lowest BCUT2D eigenvalue weighted by molar-refractivity contribution is 0.0189. The van der Waals surface area contributed by atoms with Gasteiger partial charge < -0.3 is 4.74 Å². The number of rotatable bonds is 6. The van der Waals surface area contributed by atoms with Gasteiger partial charge in [-0.1, -0.05) is 0 Å². The predicted molar refractivity (Wildman–Crippen MR) is 76.4 cm³/mol. The molecule has 0 bridgehead atoms. The molecule has 0 atom stereocenters. The molecule has 1 N–H and O–H groups in total. The van der Waals surface area contributed by atoms with Crippen LogP contribution in [0.3, 0.4) is 0 Å². The van der Waals surface area contributed by atoms with Crippen LogP contribution in [0.25, 0.3) is 0 Å². The minimum absolute atomic E-state index is 0.0425. The van der Waals surface area contributed by atoms with Gasteiger partial charge in [0.1, 0.15) is 0 Å². The minimum Gasteiger partial charge on any atom is -0.381 e. The summed E-state index contributed by atoms with van der Waals surface area (Å²) in [6.45, 7) is 1.93. The molecule has 10 heteroatoms. The van der Waals surface area contributed by atoms with Crippen molar-refractivity contribution in [1.29, 1.82) is 0 Å². The Hall–Kier alpha value is -1.29. The fourth-order valence-corrected chi connectivity index (χ4v) is 3.31. The van der Waals surface area contributed by atoms with Crippen molar-refractivity contribution in [3.63, 3.8) is 0 Å². The van der Waals surface area contributed by atoms with Gasteiger partial charge >= 0.3 is 0 Å². The maximum absolute atomic E-state index is 12.8. The van der Waals surface area contributed by atoms with Gasteiger partial charge in [0.2, 0.25) is 21.9 Å². The predicted octanol–water partition coefficient (Wildman–Crippen LogP) is 1.50. The van der Waals surface area contributed by atoms with Crippen LogP contribution >= 0.6 is 0 Å². The van der Waals surface area contributed by atoms with Gasteiger partial charge in [-0.15, -0.1) is 0 Å². The molecule has 126 valence electrons. The lowest BCUT2D eigenvalue weighted by Crippen LogP contribution is -2.23. The van der Waals surface area contributed by atoms with Crippen molar-refractivity contribution >= 4 is 16.0 Å². The Morgan fingerprint density at radius 1 is 1.41 bits per heavy atom. The lowest BCUT2D eigenvalue weighted by Gasteiger charge is -2.18. The number of aryl methyl sites for hydroxylation is 1. The van der Waals surface area contributed by atoms with Gasteiger partial charge in [0, 0.05) is 32.6 Å². The van der Waals surface area contributed by atoms with Gasteiger partial charge in [-0.2, -0.15) is 10.1 Å². The third kappa shape index (κ3) is 4.87. The van der Waals surface area contributed by atoms with Crippen LogP contribution in [0.4, 0.5) is 14.7 Å². The van der Waals surface area contributed by atoms with Crippen LogP contribution < -0.4 is 4.72 Å². The summed E-state index contributed by atoms with van der Waals surface area (Å²) >= 11 is 0. The normalized spacial score (nSPS) is 17.6. The van der Waals surface area contributed by atoms with Crippen LogP contribution in [0.15, 0.2) is 0 Å². The van der Waals surface area contributed by atoms with Gasteiger partial charge in [0.05, 0.1) is 5.75 Å². The number of anilines is 1. The summed E-state index contributed by atoms with van der Waals surface area (Å²) in [5.74, 6) is -2.99. The molecule has 0 aliphatic carbocycles. The SMILES string of the molecule is Cn1nc(C2CCOCC2)nc1NS(=O)(=O)CCC(C)(F)F. The van der Waals surface area contributed by atoms with E-state index in [0.717, 1.165) is 12.8 Å². The first-order valence-electron chi connectivity index (χ1n) is 7.03. The van der Waals surface area contributed by atoms with Crippen LogP contribution in [-0.4, -0.2) is 48.1 Å². The number of hydrogen-bond donors (Lipinski definition) is 1. The highest BCUT2D eigenvalue weighted by atomic mass is 32.2. The Morgan fingerprint density at radius 2 is 2.05 bits per heavy atom. The Bertz CT molecular complexity index is 606. The fraction of sp³-hybridized carbons (Fsp3) is 0.833. The highest BCUT2D eigenvalue weighted by Gasteiger charge is 2.27. The van der Waals surface area contributed by atoms with E-state index in [1.165, 1.54) is 4.68 Å². The molecule has 1 aromatic rings. The Kier molecular flexibility index (Phi) is 5.00. The number of hydrogen-bond acceptors (Lipinski definition) is 5. The highest BCUT2D eigenvalue weighted by molar-refractivity contribution is 7.92. The van der Waals surface area contributed by atoms with E-state index in [1.807, 2.05) is 0 Å². The topological polar surface area (TPSA) is 86.1 Å². The molecule has 0 amide bonds. The zero-order valence-corrected chi connectivity index (χ0v) is 13.4. The Balaban J connectivity index is 2.04. The molecule has 22 heavy (non-hydrogen) atoms. The third-order valence-corrected chi connectivity index (χ3v) is 4.66. The first-order valence-corrected chi connectivity index (χ1v) is 8.68. The summed E-state index contributed by atoms with van der Waals surface area (Å²) in [5.41, 5.74) is 0. The summed E-state index contributed by atoms with van der Waals surface area (Å²) in [6, 6.07) is 0. The van der Waals surface area contributed by atoms with Crippen molar-refractivity contribution in [2.75, 3.05) is 23.7 Å². The van der Waals surface area contributed by atoms with E-state index in [1.54, 1.807) is 7.05 Å². The molecule has 0 aromatic carbocycles. The van der Waals surface area contributed by atoms with Gasteiger partial charge in [-0.3, -0.25) is 4.72 Å². The highest BCUT2D eigenvalue weighted by Crippen LogP contribution is 2.25. The second-order valence-electron chi connectivity index (χ2n) is 5.55. The van der Waals surface area contributed by atoms with E-state index in [-0.39, 0.29) is 11.9 Å². The van der Waals surface area contributed by atoms with Crippen LogP contribution in [0.2, 0.25) is 0 Å². The summed E-state index contributed by atoms with van der Waals surface area (Å²) in [6.07, 6.45) is 0.809. The molecule has 0 unspecified atom stereocenters. The number of ether oxygens (including phenoxy) is 1. The number of sulfonamides is 1. The average molecular weight is 338 g/mol. The van der Waals surface area contributed by atoms with Crippen molar-refractivity contribution in [3.05, 3.63) is 5.82 Å². The molecule has 2 heterocycles. The summed E-state index contributed by atoms with van der Waals surface area (Å²) in [5, 5.41) is 4.20. The molecule has 1 aliphatic heterocycles. The van der Waals surface area contributed by atoms with E-state index >= 15 is 0 Å². The summed E-state index contributed by atoms with van der Waals surface area (Å²) in [7, 11) is -2.33. The molecule has 0 spiro atoms. The van der Waals surface area contributed by atoms with Crippen molar-refractivity contribution in [2.45, 2.75) is 38.0 Å². The second-order valence-corrected chi connectivity index (χ2v) is 7.39. The Labute approximate surface area is 128 Å². The third-order valence-electron chi connectivity index (χ3n) is 3.42. The van der Waals surface area contributed by atoms with Crippen LogP contribution in [0.5, 0.6) is 0 Å². The average Bonchev–Trinajstić information content (AvgIpc) is 2.78. The molecular formula is C12H20F2N4O3S. The number of nitrogens with one attached hydrogen (secondary N) is 1. The number of alkyl halides is 2.